The number of fused-ring (bicyclic) bond motifs is 1. The zero-order chi connectivity index (χ0) is 20.6. The molecule has 1 saturated carbocycles. The van der Waals surface area contributed by atoms with Crippen molar-refractivity contribution in [2.45, 2.75) is 25.3 Å². The smallest absolute Gasteiger partial charge is 0.326 e. The maximum absolute atomic E-state index is 12.5. The average Bonchev–Trinajstić information content (AvgIpc) is 3.52. The van der Waals surface area contributed by atoms with Crippen LogP contribution in [0.15, 0.2) is 42.5 Å². The van der Waals surface area contributed by atoms with Crippen molar-refractivity contribution in [3.8, 4) is 0 Å². The van der Waals surface area contributed by atoms with Crippen molar-refractivity contribution in [3.05, 3.63) is 42.5 Å². The van der Waals surface area contributed by atoms with Gasteiger partial charge >= 0.3 is 12.0 Å². The summed E-state index contributed by atoms with van der Waals surface area (Å²) in [4.78, 5) is 49.5. The van der Waals surface area contributed by atoms with E-state index in [0.29, 0.717) is 5.69 Å². The number of amides is 4. The summed E-state index contributed by atoms with van der Waals surface area (Å²) in [6.07, 6.45) is 1.74. The molecule has 1 saturated heterocycles. The number of hydrogen-bond donors (Lipinski definition) is 2. The number of hydrogen-bond acceptors (Lipinski definition) is 5. The van der Waals surface area contributed by atoms with Gasteiger partial charge in [0.2, 0.25) is 0 Å². The first-order valence-electron chi connectivity index (χ1n) is 9.45. The highest BCUT2D eigenvalue weighted by molar-refractivity contribution is 6.09. The molecule has 29 heavy (non-hydrogen) atoms. The molecule has 1 atom stereocenters. The van der Waals surface area contributed by atoms with Gasteiger partial charge in [-0.05, 0) is 48.6 Å². The highest BCUT2D eigenvalue weighted by Crippen LogP contribution is 2.42. The predicted molar refractivity (Wildman–Crippen MR) is 105 cm³/mol. The Hall–Kier alpha value is -3.42. The number of ether oxygens (including phenoxy) is 1. The van der Waals surface area contributed by atoms with Crippen molar-refractivity contribution >= 4 is 40.3 Å². The van der Waals surface area contributed by atoms with E-state index in [-0.39, 0.29) is 5.92 Å². The van der Waals surface area contributed by atoms with Gasteiger partial charge < -0.3 is 15.4 Å². The molecule has 4 amide bonds. The van der Waals surface area contributed by atoms with Crippen LogP contribution in [0.5, 0.6) is 0 Å². The lowest BCUT2D eigenvalue weighted by molar-refractivity contribution is -0.150. The molecule has 1 aliphatic heterocycles. The van der Waals surface area contributed by atoms with Crippen molar-refractivity contribution < 1.29 is 23.9 Å². The van der Waals surface area contributed by atoms with Crippen LogP contribution in [0.25, 0.3) is 10.8 Å². The number of carbonyl (C=O) groups is 4. The third-order valence-corrected chi connectivity index (χ3v) is 5.38. The Morgan fingerprint density at radius 3 is 2.62 bits per heavy atom. The monoisotopic (exact) mass is 395 g/mol. The van der Waals surface area contributed by atoms with Gasteiger partial charge in [0.25, 0.3) is 11.8 Å². The summed E-state index contributed by atoms with van der Waals surface area (Å²) in [5.41, 5.74) is -0.371. The van der Waals surface area contributed by atoms with Gasteiger partial charge in [-0.1, -0.05) is 30.3 Å². The quantitative estimate of drug-likeness (QED) is 0.575. The molecule has 2 fully saturated rings. The topological polar surface area (TPSA) is 105 Å². The summed E-state index contributed by atoms with van der Waals surface area (Å²) in [5, 5.41) is 7.34. The van der Waals surface area contributed by atoms with Crippen molar-refractivity contribution in [2.75, 3.05) is 18.5 Å². The van der Waals surface area contributed by atoms with E-state index in [9.17, 15) is 19.2 Å². The molecule has 8 nitrogen and oxygen atoms in total. The zero-order valence-corrected chi connectivity index (χ0v) is 15.9. The van der Waals surface area contributed by atoms with Gasteiger partial charge in [0.1, 0.15) is 12.1 Å². The molecule has 8 heteroatoms. The Morgan fingerprint density at radius 1 is 1.17 bits per heavy atom. The first-order chi connectivity index (χ1) is 13.9. The third kappa shape index (κ3) is 3.78. The van der Waals surface area contributed by atoms with Crippen LogP contribution in [0.3, 0.4) is 0 Å². The minimum Gasteiger partial charge on any atom is -0.454 e. The van der Waals surface area contributed by atoms with Crippen molar-refractivity contribution in [2.24, 2.45) is 5.92 Å². The van der Waals surface area contributed by atoms with E-state index in [1.807, 2.05) is 36.4 Å². The van der Waals surface area contributed by atoms with Crippen molar-refractivity contribution in [1.29, 1.82) is 0 Å². The number of rotatable bonds is 6. The standard InChI is InChI=1S/C21H21N3O5/c1-21(15-7-8-15)19(27)24(20(28)23-21)11-18(26)29-12-17(25)22-16-9-6-13-4-2-3-5-14(13)10-16/h2-6,9-10,15H,7-8,11-12H2,1H3,(H,22,25)(H,23,28)/t21-/m1/s1. The first kappa shape index (κ1) is 18.9. The van der Waals surface area contributed by atoms with E-state index in [4.69, 9.17) is 4.74 Å². The maximum atomic E-state index is 12.5. The fourth-order valence-electron chi connectivity index (χ4n) is 3.58. The molecule has 1 heterocycles. The van der Waals surface area contributed by atoms with Crippen LogP contribution in [0.2, 0.25) is 0 Å². The predicted octanol–water partition coefficient (Wildman–Crippen LogP) is 2.04. The molecule has 2 N–H and O–H groups in total. The van der Waals surface area contributed by atoms with Crippen LogP contribution in [-0.2, 0) is 19.1 Å². The van der Waals surface area contributed by atoms with Crippen molar-refractivity contribution in [1.82, 2.24) is 10.2 Å². The lowest BCUT2D eigenvalue weighted by Crippen LogP contribution is -2.46. The first-order valence-corrected chi connectivity index (χ1v) is 9.45. The molecule has 2 aliphatic rings. The molecular weight excluding hydrogens is 374 g/mol. The number of imide groups is 1. The molecule has 0 radical (unpaired) electrons. The Bertz CT molecular complexity index is 1020. The van der Waals surface area contributed by atoms with Crippen LogP contribution >= 0.6 is 0 Å². The largest absolute Gasteiger partial charge is 0.454 e. The van der Waals surface area contributed by atoms with Gasteiger partial charge in [-0.25, -0.2) is 4.79 Å². The van der Waals surface area contributed by atoms with Crippen LogP contribution in [0.1, 0.15) is 19.8 Å². The van der Waals surface area contributed by atoms with E-state index in [1.54, 1.807) is 13.0 Å². The number of esters is 1. The minimum atomic E-state index is -0.954. The molecule has 1 aliphatic carbocycles. The number of nitrogens with zero attached hydrogens (tertiary/aromatic N) is 1. The second-order valence-electron chi connectivity index (χ2n) is 7.57. The highest BCUT2D eigenvalue weighted by Gasteiger charge is 2.56. The lowest BCUT2D eigenvalue weighted by Gasteiger charge is -2.20. The van der Waals surface area contributed by atoms with Gasteiger partial charge in [0.05, 0.1) is 0 Å². The molecule has 0 spiro atoms. The molecular formula is C21H21N3O5. The number of anilines is 1. The van der Waals surface area contributed by atoms with Crippen LogP contribution in [0, 0.1) is 5.92 Å². The molecule has 4 rings (SSSR count). The SMILES string of the molecule is C[C@]1(C2CC2)NC(=O)N(CC(=O)OCC(=O)Nc2ccc3ccccc3c2)C1=O. The number of carbonyl (C=O) groups excluding carboxylic acids is 4. The maximum Gasteiger partial charge on any atom is 0.326 e. The zero-order valence-electron chi connectivity index (χ0n) is 15.9. The molecule has 0 unspecified atom stereocenters. The van der Waals surface area contributed by atoms with E-state index in [2.05, 4.69) is 10.6 Å². The van der Waals surface area contributed by atoms with Gasteiger partial charge in [0.15, 0.2) is 6.61 Å². The lowest BCUT2D eigenvalue weighted by atomic mass is 9.96. The van der Waals surface area contributed by atoms with Crippen LogP contribution in [0.4, 0.5) is 10.5 Å². The summed E-state index contributed by atoms with van der Waals surface area (Å²) >= 11 is 0. The number of nitrogens with one attached hydrogen (secondary N) is 2. The van der Waals surface area contributed by atoms with Gasteiger partial charge in [0, 0.05) is 5.69 Å². The molecule has 0 bridgehead atoms. The Balaban J connectivity index is 1.29. The summed E-state index contributed by atoms with van der Waals surface area (Å²) in [6.45, 7) is 0.651. The normalized spacial score (nSPS) is 21.2. The second-order valence-corrected chi connectivity index (χ2v) is 7.57. The molecule has 2 aromatic rings. The average molecular weight is 395 g/mol. The van der Waals surface area contributed by atoms with Crippen LogP contribution in [-0.4, -0.2) is 47.4 Å². The van der Waals surface area contributed by atoms with E-state index in [1.165, 1.54) is 0 Å². The summed E-state index contributed by atoms with van der Waals surface area (Å²) < 4.78 is 4.94. The fraction of sp³-hybridized carbons (Fsp3) is 0.333. The fourth-order valence-corrected chi connectivity index (χ4v) is 3.58. The summed E-state index contributed by atoms with van der Waals surface area (Å²) in [7, 11) is 0. The Kier molecular flexibility index (Phi) is 4.70. The summed E-state index contributed by atoms with van der Waals surface area (Å²) in [6, 6.07) is 12.6. The van der Waals surface area contributed by atoms with Crippen LogP contribution < -0.4 is 10.6 Å². The minimum absolute atomic E-state index is 0.104. The van der Waals surface area contributed by atoms with Gasteiger partial charge in [-0.3, -0.25) is 19.3 Å². The van der Waals surface area contributed by atoms with E-state index < -0.39 is 42.5 Å². The highest BCUT2D eigenvalue weighted by atomic mass is 16.5. The molecule has 2 aromatic carbocycles. The van der Waals surface area contributed by atoms with E-state index >= 15 is 0 Å². The van der Waals surface area contributed by atoms with E-state index in [0.717, 1.165) is 28.5 Å². The Labute approximate surface area is 167 Å². The Morgan fingerprint density at radius 2 is 1.90 bits per heavy atom. The second kappa shape index (κ2) is 7.20. The molecule has 150 valence electrons. The number of benzene rings is 2. The molecule has 0 aromatic heterocycles. The van der Waals surface area contributed by atoms with Gasteiger partial charge in [-0.2, -0.15) is 0 Å². The summed E-state index contributed by atoms with van der Waals surface area (Å²) in [5.74, 6) is -1.65. The number of urea groups is 1. The third-order valence-electron chi connectivity index (χ3n) is 5.38. The van der Waals surface area contributed by atoms with Gasteiger partial charge in [-0.15, -0.1) is 0 Å². The van der Waals surface area contributed by atoms with Crippen molar-refractivity contribution in [3.63, 3.8) is 0 Å².